The van der Waals surface area contributed by atoms with Gasteiger partial charge in [-0.3, -0.25) is 14.0 Å². The first-order valence-electron chi connectivity index (χ1n) is 10.6. The molecule has 5 rings (SSSR count). The summed E-state index contributed by atoms with van der Waals surface area (Å²) < 4.78 is 1.95. The summed E-state index contributed by atoms with van der Waals surface area (Å²) >= 11 is 1.57. The smallest absolute Gasteiger partial charge is 0.251 e. The van der Waals surface area contributed by atoms with Crippen molar-refractivity contribution in [1.82, 2.24) is 19.6 Å². The molecule has 0 saturated carbocycles. The number of carbonyl (C=O) groups is 2. The van der Waals surface area contributed by atoms with Crippen LogP contribution in [0.15, 0.2) is 60.2 Å². The molecule has 1 aliphatic heterocycles. The molecule has 0 aliphatic carbocycles. The summed E-state index contributed by atoms with van der Waals surface area (Å²) in [5.74, 6) is 0.316. The first-order valence-corrected chi connectivity index (χ1v) is 11.5. The van der Waals surface area contributed by atoms with E-state index in [0.717, 1.165) is 40.8 Å². The highest BCUT2D eigenvalue weighted by Gasteiger charge is 2.25. The number of nitrogens with zero attached hydrogens (tertiary/aromatic N) is 3. The summed E-state index contributed by atoms with van der Waals surface area (Å²) in [7, 11) is 0. The number of fused-ring (bicyclic) bond motifs is 2. The minimum atomic E-state index is -0.0571. The molecule has 4 aromatic rings. The predicted octanol–water partition coefficient (Wildman–Crippen LogP) is 3.76. The summed E-state index contributed by atoms with van der Waals surface area (Å²) in [6.07, 6.45) is 6.17. The van der Waals surface area contributed by atoms with Gasteiger partial charge in [0.05, 0.1) is 12.1 Å². The third-order valence-electron chi connectivity index (χ3n) is 5.93. The van der Waals surface area contributed by atoms with Crippen LogP contribution < -0.4 is 5.32 Å². The Morgan fingerprint density at radius 3 is 2.94 bits per heavy atom. The van der Waals surface area contributed by atoms with Gasteiger partial charge in [-0.1, -0.05) is 36.4 Å². The fourth-order valence-electron chi connectivity index (χ4n) is 4.34. The van der Waals surface area contributed by atoms with Gasteiger partial charge in [0.25, 0.3) is 5.91 Å². The molecular weight excluding hydrogens is 408 g/mol. The second-order valence-corrected chi connectivity index (χ2v) is 8.96. The number of rotatable bonds is 5. The van der Waals surface area contributed by atoms with Gasteiger partial charge in [-0.15, -0.1) is 11.3 Å². The number of benzene rings is 2. The Hall–Kier alpha value is -3.19. The molecule has 7 heteroatoms. The van der Waals surface area contributed by atoms with Crippen molar-refractivity contribution < 1.29 is 9.59 Å². The maximum absolute atomic E-state index is 12.8. The van der Waals surface area contributed by atoms with Crippen LogP contribution in [0.4, 0.5) is 0 Å². The molecule has 2 amide bonds. The van der Waals surface area contributed by atoms with E-state index >= 15 is 0 Å². The van der Waals surface area contributed by atoms with Gasteiger partial charge in [0.2, 0.25) is 5.91 Å². The van der Waals surface area contributed by atoms with Gasteiger partial charge in [-0.25, -0.2) is 4.98 Å². The van der Waals surface area contributed by atoms with Gasteiger partial charge in [0.15, 0.2) is 4.96 Å². The second-order valence-electron chi connectivity index (χ2n) is 8.09. The zero-order valence-electron chi connectivity index (χ0n) is 17.2. The Morgan fingerprint density at radius 1 is 1.16 bits per heavy atom. The molecule has 2 aromatic heterocycles. The van der Waals surface area contributed by atoms with Crippen molar-refractivity contribution in [2.24, 2.45) is 5.92 Å². The molecule has 2 aromatic carbocycles. The van der Waals surface area contributed by atoms with Gasteiger partial charge in [-0.2, -0.15) is 0 Å². The first kappa shape index (κ1) is 19.8. The highest BCUT2D eigenvalue weighted by atomic mass is 32.1. The van der Waals surface area contributed by atoms with E-state index in [1.807, 2.05) is 69.5 Å². The van der Waals surface area contributed by atoms with E-state index in [2.05, 4.69) is 10.3 Å². The van der Waals surface area contributed by atoms with Crippen LogP contribution in [0.1, 0.15) is 28.9 Å². The molecule has 1 unspecified atom stereocenters. The van der Waals surface area contributed by atoms with Gasteiger partial charge in [-0.05, 0) is 35.6 Å². The number of aromatic nitrogens is 2. The second kappa shape index (κ2) is 8.51. The van der Waals surface area contributed by atoms with Crippen LogP contribution in [0.2, 0.25) is 0 Å². The maximum Gasteiger partial charge on any atom is 0.251 e. The van der Waals surface area contributed by atoms with Crippen molar-refractivity contribution in [1.29, 1.82) is 0 Å². The summed E-state index contributed by atoms with van der Waals surface area (Å²) in [6.45, 7) is 2.03. The predicted molar refractivity (Wildman–Crippen MR) is 122 cm³/mol. The number of likely N-dealkylation sites (tertiary alicyclic amines) is 1. The molecule has 1 atom stereocenters. The normalized spacial score (nSPS) is 16.6. The molecule has 1 fully saturated rings. The van der Waals surface area contributed by atoms with Gasteiger partial charge in [0, 0.05) is 43.0 Å². The molecular formula is C24H24N4O2S. The van der Waals surface area contributed by atoms with E-state index < -0.39 is 0 Å². The van der Waals surface area contributed by atoms with Crippen LogP contribution in [-0.2, 0) is 11.2 Å². The topological polar surface area (TPSA) is 66.7 Å². The molecule has 0 bridgehead atoms. The van der Waals surface area contributed by atoms with Crippen molar-refractivity contribution in [3.8, 4) is 0 Å². The van der Waals surface area contributed by atoms with Gasteiger partial charge < -0.3 is 10.2 Å². The van der Waals surface area contributed by atoms with Crippen molar-refractivity contribution in [2.45, 2.75) is 19.3 Å². The monoisotopic (exact) mass is 432 g/mol. The van der Waals surface area contributed by atoms with Crippen molar-refractivity contribution in [2.75, 3.05) is 19.6 Å². The molecule has 158 valence electrons. The van der Waals surface area contributed by atoms with Crippen LogP contribution in [-0.4, -0.2) is 45.7 Å². The van der Waals surface area contributed by atoms with Crippen LogP contribution in [0.25, 0.3) is 15.7 Å². The van der Waals surface area contributed by atoms with E-state index in [9.17, 15) is 9.59 Å². The SMILES string of the molecule is O=C(NCC1CCCN(C(=O)Cc2cn3ccsc3n2)C1)c1cccc2ccccc12. The number of nitrogens with one attached hydrogen (secondary N) is 1. The van der Waals surface area contributed by atoms with E-state index in [4.69, 9.17) is 0 Å². The Balaban J connectivity index is 1.19. The van der Waals surface area contributed by atoms with E-state index in [-0.39, 0.29) is 17.7 Å². The van der Waals surface area contributed by atoms with E-state index in [1.54, 1.807) is 11.3 Å². The van der Waals surface area contributed by atoms with Crippen molar-refractivity contribution in [3.05, 3.63) is 71.5 Å². The minimum Gasteiger partial charge on any atom is -0.352 e. The van der Waals surface area contributed by atoms with Crippen molar-refractivity contribution >= 4 is 38.9 Å². The number of hydrogen-bond acceptors (Lipinski definition) is 4. The average Bonchev–Trinajstić information content (AvgIpc) is 3.39. The average molecular weight is 433 g/mol. The number of piperidine rings is 1. The first-order chi connectivity index (χ1) is 15.2. The highest BCUT2D eigenvalue weighted by molar-refractivity contribution is 7.15. The van der Waals surface area contributed by atoms with Crippen molar-refractivity contribution in [3.63, 3.8) is 0 Å². The third-order valence-corrected chi connectivity index (χ3v) is 6.70. The lowest BCUT2D eigenvalue weighted by atomic mass is 9.97. The lowest BCUT2D eigenvalue weighted by Gasteiger charge is -2.33. The third kappa shape index (κ3) is 4.18. The number of carbonyl (C=O) groups excluding carboxylic acids is 2. The Labute approximate surface area is 184 Å². The van der Waals surface area contributed by atoms with Crippen LogP contribution in [0.3, 0.4) is 0 Å². The number of amides is 2. The summed E-state index contributed by atoms with van der Waals surface area (Å²) in [6, 6.07) is 13.7. The van der Waals surface area contributed by atoms with Crippen LogP contribution >= 0.6 is 11.3 Å². The maximum atomic E-state index is 12.8. The Bertz CT molecular complexity index is 1210. The van der Waals surface area contributed by atoms with Gasteiger partial charge in [0.1, 0.15) is 0 Å². The fraction of sp³-hybridized carbons (Fsp3) is 0.292. The fourth-order valence-corrected chi connectivity index (χ4v) is 5.06. The van der Waals surface area contributed by atoms with E-state index in [0.29, 0.717) is 25.1 Å². The summed E-state index contributed by atoms with van der Waals surface area (Å²) in [4.78, 5) is 33.0. The molecule has 1 saturated heterocycles. The molecule has 1 aliphatic rings. The lowest BCUT2D eigenvalue weighted by Crippen LogP contribution is -2.44. The largest absolute Gasteiger partial charge is 0.352 e. The molecule has 0 radical (unpaired) electrons. The highest BCUT2D eigenvalue weighted by Crippen LogP contribution is 2.20. The number of hydrogen-bond donors (Lipinski definition) is 1. The summed E-state index contributed by atoms with van der Waals surface area (Å²) in [5.41, 5.74) is 1.50. The molecule has 3 heterocycles. The standard InChI is InChI=1S/C24H24N4O2S/c29-22(13-19-16-28-11-12-31-24(28)26-19)27-10-4-5-17(15-27)14-25-23(30)21-9-3-7-18-6-1-2-8-20(18)21/h1-3,6-9,11-12,16-17H,4-5,10,13-15H2,(H,25,30). The lowest BCUT2D eigenvalue weighted by molar-refractivity contribution is -0.132. The molecule has 31 heavy (non-hydrogen) atoms. The van der Waals surface area contributed by atoms with Gasteiger partial charge >= 0.3 is 0 Å². The zero-order valence-corrected chi connectivity index (χ0v) is 18.0. The zero-order chi connectivity index (χ0) is 21.2. The Kier molecular flexibility index (Phi) is 5.42. The van der Waals surface area contributed by atoms with Crippen LogP contribution in [0, 0.1) is 5.92 Å². The molecule has 0 spiro atoms. The number of imidazole rings is 1. The number of thiazole rings is 1. The Morgan fingerprint density at radius 2 is 2.03 bits per heavy atom. The quantitative estimate of drug-likeness (QED) is 0.522. The molecule has 6 nitrogen and oxygen atoms in total. The van der Waals surface area contributed by atoms with Crippen LogP contribution in [0.5, 0.6) is 0 Å². The summed E-state index contributed by atoms with van der Waals surface area (Å²) in [5, 5.41) is 7.09. The van der Waals surface area contributed by atoms with E-state index in [1.165, 1.54) is 0 Å². The minimum absolute atomic E-state index is 0.0571. The molecule has 1 N–H and O–H groups in total.